The van der Waals surface area contributed by atoms with E-state index in [4.69, 9.17) is 9.72 Å². The molecule has 4 aromatic rings. The van der Waals surface area contributed by atoms with Crippen molar-refractivity contribution in [2.75, 3.05) is 19.0 Å². The van der Waals surface area contributed by atoms with Gasteiger partial charge >= 0.3 is 6.03 Å². The lowest BCUT2D eigenvalue weighted by Gasteiger charge is -2.32. The molecule has 0 bridgehead atoms. The van der Waals surface area contributed by atoms with Gasteiger partial charge in [0.05, 0.1) is 29.7 Å². The number of halogens is 1. The molecule has 0 aliphatic heterocycles. The molecule has 0 saturated heterocycles. The topological polar surface area (TPSA) is 76.5 Å². The van der Waals surface area contributed by atoms with Crippen molar-refractivity contribution in [1.29, 1.82) is 0 Å². The lowest BCUT2D eigenvalue weighted by molar-refractivity contribution is 0.179. The first-order valence-corrected chi connectivity index (χ1v) is 14.3. The molecule has 1 unspecified atom stereocenters. The van der Waals surface area contributed by atoms with E-state index in [2.05, 4.69) is 28.2 Å². The third kappa shape index (κ3) is 6.50. The molecule has 1 aromatic heterocycles. The summed E-state index contributed by atoms with van der Waals surface area (Å²) in [5.74, 6) is 1.06. The highest BCUT2D eigenvalue weighted by molar-refractivity contribution is 9.10. The number of hydrogen-bond donors (Lipinski definition) is 1. The highest BCUT2D eigenvalue weighted by Gasteiger charge is 2.29. The molecule has 204 valence electrons. The van der Waals surface area contributed by atoms with Crippen LogP contribution in [0.2, 0.25) is 0 Å². The molecule has 0 saturated carbocycles. The molecule has 0 spiro atoms. The average Bonchev–Trinajstić information content (AvgIpc) is 2.96. The van der Waals surface area contributed by atoms with Crippen LogP contribution >= 0.6 is 15.9 Å². The lowest BCUT2D eigenvalue weighted by atomic mass is 10.1. The highest BCUT2D eigenvalue weighted by Crippen LogP contribution is 2.30. The minimum absolute atomic E-state index is 0.196. The quantitative estimate of drug-likeness (QED) is 0.181. The van der Waals surface area contributed by atoms with Crippen LogP contribution in [0.5, 0.6) is 5.75 Å². The Bertz CT molecular complexity index is 1470. The maximum Gasteiger partial charge on any atom is 0.322 e. The van der Waals surface area contributed by atoms with Crippen LogP contribution in [-0.4, -0.2) is 34.1 Å². The van der Waals surface area contributed by atoms with Crippen molar-refractivity contribution in [3.05, 3.63) is 93.4 Å². The number of para-hydroxylation sites is 3. The molecule has 4 rings (SSSR count). The van der Waals surface area contributed by atoms with Gasteiger partial charge < -0.3 is 15.0 Å². The Labute approximate surface area is 238 Å². The Morgan fingerprint density at radius 3 is 2.44 bits per heavy atom. The van der Waals surface area contributed by atoms with Gasteiger partial charge in [-0.3, -0.25) is 9.36 Å². The van der Waals surface area contributed by atoms with Crippen molar-refractivity contribution in [3.63, 3.8) is 0 Å². The van der Waals surface area contributed by atoms with Gasteiger partial charge in [-0.05, 0) is 61.4 Å². The van der Waals surface area contributed by atoms with Crippen LogP contribution in [-0.2, 0) is 0 Å². The number of carbonyl (C=O) groups excluding carboxylic acids is 1. The molecule has 7 nitrogen and oxygen atoms in total. The van der Waals surface area contributed by atoms with Gasteiger partial charge in [-0.2, -0.15) is 0 Å². The Hall–Kier alpha value is -3.65. The van der Waals surface area contributed by atoms with Crippen molar-refractivity contribution in [3.8, 4) is 11.4 Å². The van der Waals surface area contributed by atoms with E-state index in [0.717, 1.165) is 30.2 Å². The third-order valence-corrected chi connectivity index (χ3v) is 7.33. The van der Waals surface area contributed by atoms with E-state index >= 15 is 0 Å². The van der Waals surface area contributed by atoms with Crippen molar-refractivity contribution in [2.24, 2.45) is 0 Å². The van der Waals surface area contributed by atoms with Gasteiger partial charge in [0.25, 0.3) is 5.56 Å². The summed E-state index contributed by atoms with van der Waals surface area (Å²) in [6.45, 7) is 4.72. The van der Waals surface area contributed by atoms with E-state index in [9.17, 15) is 9.59 Å². The van der Waals surface area contributed by atoms with Gasteiger partial charge in [0.2, 0.25) is 0 Å². The minimum Gasteiger partial charge on any atom is -0.495 e. The predicted octanol–water partition coefficient (Wildman–Crippen LogP) is 7.72. The van der Waals surface area contributed by atoms with Gasteiger partial charge in [0, 0.05) is 16.7 Å². The Balaban J connectivity index is 1.86. The summed E-state index contributed by atoms with van der Waals surface area (Å²) >= 11 is 3.45. The molecule has 0 aliphatic carbocycles. The first-order chi connectivity index (χ1) is 19.0. The van der Waals surface area contributed by atoms with Gasteiger partial charge in [0.1, 0.15) is 11.6 Å². The molecular weight excluding hydrogens is 556 g/mol. The Morgan fingerprint density at radius 2 is 1.72 bits per heavy atom. The average molecular weight is 592 g/mol. The summed E-state index contributed by atoms with van der Waals surface area (Å²) in [6, 6.07) is 21.6. The standard InChI is InChI=1S/C31H35BrN4O3/c1-4-6-7-12-21-35(31(38)33-23-19-17-22(32)18-20-23)26(5-2)29-34-25-14-9-8-13-24(25)30(37)36(29)27-15-10-11-16-28(27)39-3/h8-11,13-20,26H,4-7,12,21H2,1-3H3,(H,33,38). The Kier molecular flexibility index (Phi) is 9.76. The van der Waals surface area contributed by atoms with Crippen LogP contribution in [0.15, 0.2) is 82.1 Å². The van der Waals surface area contributed by atoms with Crippen molar-refractivity contribution in [2.45, 2.75) is 52.0 Å². The van der Waals surface area contributed by atoms with Crippen molar-refractivity contribution < 1.29 is 9.53 Å². The number of carbonyl (C=O) groups is 1. The summed E-state index contributed by atoms with van der Waals surface area (Å²) < 4.78 is 8.19. The fourth-order valence-electron chi connectivity index (χ4n) is 4.80. The molecule has 0 aliphatic rings. The molecule has 1 N–H and O–H groups in total. The van der Waals surface area contributed by atoms with Gasteiger partial charge in [0.15, 0.2) is 0 Å². The van der Waals surface area contributed by atoms with Crippen molar-refractivity contribution >= 4 is 38.6 Å². The predicted molar refractivity (Wildman–Crippen MR) is 161 cm³/mol. The highest BCUT2D eigenvalue weighted by atomic mass is 79.9. The van der Waals surface area contributed by atoms with E-state index in [1.807, 2.05) is 78.6 Å². The second kappa shape index (κ2) is 13.4. The van der Waals surface area contributed by atoms with Crippen molar-refractivity contribution in [1.82, 2.24) is 14.5 Å². The second-order valence-corrected chi connectivity index (χ2v) is 10.3. The van der Waals surface area contributed by atoms with Crippen LogP contribution in [0.25, 0.3) is 16.6 Å². The first kappa shape index (κ1) is 28.4. The van der Waals surface area contributed by atoms with E-state index in [1.54, 1.807) is 17.7 Å². The molecule has 1 atom stereocenters. The fourth-order valence-corrected chi connectivity index (χ4v) is 5.06. The first-order valence-electron chi connectivity index (χ1n) is 13.5. The monoisotopic (exact) mass is 590 g/mol. The zero-order chi connectivity index (χ0) is 27.8. The van der Waals surface area contributed by atoms with E-state index in [0.29, 0.717) is 46.8 Å². The third-order valence-electron chi connectivity index (χ3n) is 6.80. The summed E-state index contributed by atoms with van der Waals surface area (Å²) in [6.07, 6.45) is 4.63. The number of aromatic nitrogens is 2. The van der Waals surface area contributed by atoms with E-state index in [-0.39, 0.29) is 11.6 Å². The SMILES string of the molecule is CCCCCCN(C(=O)Nc1ccc(Br)cc1)C(CC)c1nc2ccccc2c(=O)n1-c1ccccc1OC. The fraction of sp³-hybridized carbons (Fsp3) is 0.323. The maximum atomic E-state index is 14.0. The molecule has 39 heavy (non-hydrogen) atoms. The van der Waals surface area contributed by atoms with Crippen LogP contribution in [0.4, 0.5) is 10.5 Å². The number of amides is 2. The minimum atomic E-state index is -0.454. The number of hydrogen-bond acceptors (Lipinski definition) is 4. The molecule has 3 aromatic carbocycles. The largest absolute Gasteiger partial charge is 0.495 e. The zero-order valence-corrected chi connectivity index (χ0v) is 24.3. The number of methoxy groups -OCH3 is 1. The molecule has 0 radical (unpaired) electrons. The van der Waals surface area contributed by atoms with Gasteiger partial charge in [-0.25, -0.2) is 9.78 Å². The summed E-state index contributed by atoms with van der Waals surface area (Å²) in [4.78, 5) is 34.6. The smallest absolute Gasteiger partial charge is 0.322 e. The van der Waals surface area contributed by atoms with Crippen LogP contribution in [0.3, 0.4) is 0 Å². The Morgan fingerprint density at radius 1 is 1.00 bits per heavy atom. The van der Waals surface area contributed by atoms with Crippen LogP contribution < -0.4 is 15.6 Å². The lowest BCUT2D eigenvalue weighted by Crippen LogP contribution is -2.41. The normalized spacial score (nSPS) is 11.8. The number of nitrogens with one attached hydrogen (secondary N) is 1. The summed E-state index contributed by atoms with van der Waals surface area (Å²) in [5.41, 5.74) is 1.69. The molecular formula is C31H35BrN4O3. The molecule has 2 amide bonds. The number of ether oxygens (including phenoxy) is 1. The summed E-state index contributed by atoms with van der Waals surface area (Å²) in [7, 11) is 1.58. The number of urea groups is 1. The molecule has 0 fully saturated rings. The second-order valence-electron chi connectivity index (χ2n) is 9.41. The van der Waals surface area contributed by atoms with Gasteiger partial charge in [-0.15, -0.1) is 0 Å². The maximum absolute atomic E-state index is 14.0. The molecule has 8 heteroatoms. The van der Waals surface area contributed by atoms with Crippen LogP contribution in [0, 0.1) is 0 Å². The number of fused-ring (bicyclic) bond motifs is 1. The number of rotatable bonds is 11. The number of unbranched alkanes of at least 4 members (excludes halogenated alkanes) is 3. The van der Waals surface area contributed by atoms with E-state index < -0.39 is 6.04 Å². The number of benzene rings is 3. The summed E-state index contributed by atoms with van der Waals surface area (Å²) in [5, 5.41) is 3.56. The number of nitrogens with zero attached hydrogens (tertiary/aromatic N) is 3. The molecule has 1 heterocycles. The van der Waals surface area contributed by atoms with E-state index in [1.165, 1.54) is 0 Å². The zero-order valence-electron chi connectivity index (χ0n) is 22.7. The number of anilines is 1. The van der Waals surface area contributed by atoms with Crippen LogP contribution in [0.1, 0.15) is 57.8 Å². The van der Waals surface area contributed by atoms with Gasteiger partial charge in [-0.1, -0.05) is 73.3 Å².